The highest BCUT2D eigenvalue weighted by Gasteiger charge is 2.26. The standard InChI is InChI=1S/C3H4.C2H2F4/c1-3-2;3-1-2(4,5)6/h1-2H2;1H2. The lowest BCUT2D eigenvalue weighted by molar-refractivity contribution is -0.142. The molecule has 0 aromatic heterocycles. The summed E-state index contributed by atoms with van der Waals surface area (Å²) < 4.78 is 41.6. The fourth-order valence-corrected chi connectivity index (χ4v) is 0. The minimum atomic E-state index is -4.62. The zero-order valence-electron chi connectivity index (χ0n) is 4.63. The molecule has 0 N–H and O–H groups in total. The Balaban J connectivity index is 0. The smallest absolute Gasteiger partial charge is 0.241 e. The fraction of sp³-hybridized carbons (Fsp3) is 0.400. The van der Waals surface area contributed by atoms with Crippen LogP contribution in [0.3, 0.4) is 0 Å². The van der Waals surface area contributed by atoms with Crippen LogP contribution in [0.4, 0.5) is 17.6 Å². The number of hydrogen-bond donors (Lipinski definition) is 0. The lowest BCUT2D eigenvalue weighted by Crippen LogP contribution is -2.08. The molecule has 9 heavy (non-hydrogen) atoms. The first kappa shape index (κ1) is 11.1. The summed E-state index contributed by atoms with van der Waals surface area (Å²) in [7, 11) is 0. The lowest BCUT2D eigenvalue weighted by atomic mass is 10.8. The van der Waals surface area contributed by atoms with E-state index in [-0.39, 0.29) is 0 Å². The van der Waals surface area contributed by atoms with Gasteiger partial charge in [0.15, 0.2) is 6.67 Å². The Kier molecular flexibility index (Phi) is 6.63. The van der Waals surface area contributed by atoms with E-state index < -0.39 is 12.9 Å². The quantitative estimate of drug-likeness (QED) is 0.360. The van der Waals surface area contributed by atoms with E-state index in [1.807, 2.05) is 0 Å². The van der Waals surface area contributed by atoms with Crippen LogP contribution >= 0.6 is 0 Å². The average molecular weight is 142 g/mol. The molecule has 0 aliphatic carbocycles. The molecule has 0 nitrogen and oxygen atoms in total. The SMILES string of the molecule is C=C=C.FCC(F)(F)F. The van der Waals surface area contributed by atoms with Crippen molar-refractivity contribution in [3.8, 4) is 0 Å². The molecule has 0 rings (SSSR count). The predicted molar refractivity (Wildman–Crippen MR) is 26.8 cm³/mol. The summed E-state index contributed by atoms with van der Waals surface area (Å²) in [6, 6.07) is 0. The van der Waals surface area contributed by atoms with Crippen LogP contribution in [0, 0.1) is 0 Å². The van der Waals surface area contributed by atoms with Gasteiger partial charge in [-0.05, 0) is 0 Å². The van der Waals surface area contributed by atoms with E-state index >= 15 is 0 Å². The van der Waals surface area contributed by atoms with Gasteiger partial charge in [0.25, 0.3) is 0 Å². The minimum absolute atomic E-state index is 2.23. The first-order chi connectivity index (χ1) is 3.97. The van der Waals surface area contributed by atoms with Crippen LogP contribution < -0.4 is 0 Å². The molecule has 0 aliphatic heterocycles. The Morgan fingerprint density at radius 3 is 1.33 bits per heavy atom. The van der Waals surface area contributed by atoms with Crippen LogP contribution in [0.2, 0.25) is 0 Å². The third-order valence-electron chi connectivity index (χ3n) is 0.152. The molecule has 0 saturated heterocycles. The van der Waals surface area contributed by atoms with Crippen LogP contribution in [0.25, 0.3) is 0 Å². The molecule has 0 fully saturated rings. The van der Waals surface area contributed by atoms with Gasteiger partial charge in [-0.25, -0.2) is 4.39 Å². The molecule has 4 heteroatoms. The zero-order valence-corrected chi connectivity index (χ0v) is 4.63. The zero-order chi connectivity index (χ0) is 7.91. The molecule has 0 saturated carbocycles. The molecular formula is C5H6F4. The van der Waals surface area contributed by atoms with Crippen LogP contribution in [0.1, 0.15) is 0 Å². The van der Waals surface area contributed by atoms with E-state index in [1.54, 1.807) is 0 Å². The average Bonchev–Trinajstić information content (AvgIpc) is 1.67. The van der Waals surface area contributed by atoms with Gasteiger partial charge in [-0.1, -0.05) is 13.2 Å². The van der Waals surface area contributed by atoms with E-state index in [2.05, 4.69) is 18.9 Å². The van der Waals surface area contributed by atoms with Crippen LogP contribution in [0.5, 0.6) is 0 Å². The largest absolute Gasteiger partial charge is 0.416 e. The van der Waals surface area contributed by atoms with E-state index in [0.29, 0.717) is 0 Å². The van der Waals surface area contributed by atoms with Gasteiger partial charge in [0.2, 0.25) is 0 Å². The van der Waals surface area contributed by atoms with E-state index in [9.17, 15) is 17.6 Å². The molecule has 0 atom stereocenters. The van der Waals surface area contributed by atoms with Gasteiger partial charge in [-0.15, -0.1) is 5.73 Å². The lowest BCUT2D eigenvalue weighted by Gasteiger charge is -1.93. The molecule has 0 unspecified atom stereocenters. The van der Waals surface area contributed by atoms with Crippen molar-refractivity contribution >= 4 is 0 Å². The van der Waals surface area contributed by atoms with Crippen molar-refractivity contribution in [2.75, 3.05) is 6.67 Å². The molecule has 0 aromatic carbocycles. The first-order valence-corrected chi connectivity index (χ1v) is 1.89. The number of halogens is 4. The van der Waals surface area contributed by atoms with E-state index in [1.165, 1.54) is 0 Å². The second-order valence-corrected chi connectivity index (χ2v) is 0.999. The summed E-state index contributed by atoms with van der Waals surface area (Å²) in [5, 5.41) is 0. The van der Waals surface area contributed by atoms with Gasteiger partial charge in [0.1, 0.15) is 0 Å². The van der Waals surface area contributed by atoms with Crippen molar-refractivity contribution in [1.29, 1.82) is 0 Å². The van der Waals surface area contributed by atoms with Gasteiger partial charge in [0.05, 0.1) is 0 Å². The summed E-state index contributed by atoms with van der Waals surface area (Å²) in [5.41, 5.74) is 2.25. The predicted octanol–water partition coefficient (Wildman–Crippen LogP) is 2.48. The molecule has 0 aromatic rings. The normalized spacial score (nSPS) is 8.89. The van der Waals surface area contributed by atoms with Crippen LogP contribution in [0.15, 0.2) is 18.9 Å². The van der Waals surface area contributed by atoms with Crippen LogP contribution in [-0.2, 0) is 0 Å². The van der Waals surface area contributed by atoms with Crippen molar-refractivity contribution in [3.63, 3.8) is 0 Å². The summed E-state index contributed by atoms with van der Waals surface area (Å²) in [6.45, 7) is 4.02. The van der Waals surface area contributed by atoms with Crippen molar-refractivity contribution in [2.24, 2.45) is 0 Å². The number of alkyl halides is 4. The highest BCUT2D eigenvalue weighted by Crippen LogP contribution is 2.13. The minimum Gasteiger partial charge on any atom is -0.241 e. The maximum absolute atomic E-state index is 10.4. The molecule has 0 spiro atoms. The van der Waals surface area contributed by atoms with Crippen molar-refractivity contribution < 1.29 is 17.6 Å². The summed E-state index contributed by atoms with van der Waals surface area (Å²) in [4.78, 5) is 0. The Morgan fingerprint density at radius 1 is 1.22 bits per heavy atom. The van der Waals surface area contributed by atoms with Crippen molar-refractivity contribution in [3.05, 3.63) is 18.9 Å². The number of hydrogen-bond acceptors (Lipinski definition) is 0. The molecule has 0 aliphatic rings. The molecular weight excluding hydrogens is 136 g/mol. The van der Waals surface area contributed by atoms with Gasteiger partial charge >= 0.3 is 6.18 Å². The highest BCUT2D eigenvalue weighted by atomic mass is 19.4. The summed E-state index contributed by atoms with van der Waals surface area (Å²) >= 11 is 0. The third-order valence-corrected chi connectivity index (χ3v) is 0.152. The van der Waals surface area contributed by atoms with Crippen molar-refractivity contribution in [1.82, 2.24) is 0 Å². The van der Waals surface area contributed by atoms with Gasteiger partial charge < -0.3 is 0 Å². The summed E-state index contributed by atoms with van der Waals surface area (Å²) in [6.07, 6.45) is -4.62. The molecule has 54 valence electrons. The van der Waals surface area contributed by atoms with E-state index in [4.69, 9.17) is 0 Å². The highest BCUT2D eigenvalue weighted by molar-refractivity contribution is 4.51. The monoisotopic (exact) mass is 142 g/mol. The van der Waals surface area contributed by atoms with Crippen LogP contribution in [-0.4, -0.2) is 12.9 Å². The second-order valence-electron chi connectivity index (χ2n) is 0.999. The Morgan fingerprint density at radius 2 is 1.33 bits per heavy atom. The molecule has 0 bridgehead atoms. The second kappa shape index (κ2) is 5.38. The topological polar surface area (TPSA) is 0 Å². The number of rotatable bonds is 0. The van der Waals surface area contributed by atoms with E-state index in [0.717, 1.165) is 0 Å². The fourth-order valence-electron chi connectivity index (χ4n) is 0. The maximum atomic E-state index is 10.4. The Labute approximate surface area is 50.5 Å². The Hall–Kier alpha value is -0.760. The molecule has 0 amide bonds. The third kappa shape index (κ3) is 39.6. The van der Waals surface area contributed by atoms with Gasteiger partial charge in [0, 0.05) is 0 Å². The summed E-state index contributed by atoms with van der Waals surface area (Å²) in [5.74, 6) is 0. The van der Waals surface area contributed by atoms with Gasteiger partial charge in [-0.3, -0.25) is 0 Å². The molecule has 0 heterocycles. The molecule has 0 radical (unpaired) electrons. The first-order valence-electron chi connectivity index (χ1n) is 1.89. The Bertz CT molecular complexity index is 85.6. The van der Waals surface area contributed by atoms with Crippen molar-refractivity contribution in [2.45, 2.75) is 6.18 Å². The van der Waals surface area contributed by atoms with Gasteiger partial charge in [-0.2, -0.15) is 13.2 Å². The maximum Gasteiger partial charge on any atom is 0.416 e.